The molecule has 0 amide bonds. The molecule has 37 heavy (non-hydrogen) atoms. The van der Waals surface area contributed by atoms with Crippen molar-refractivity contribution in [3.05, 3.63) is 12.2 Å². The number of aliphatic hydroxyl groups is 3. The molecule has 0 aliphatic heterocycles. The molecule has 5 aliphatic carbocycles. The van der Waals surface area contributed by atoms with E-state index in [1.54, 1.807) is 0 Å². The highest BCUT2D eigenvalue weighted by molar-refractivity contribution is 5.78. The van der Waals surface area contributed by atoms with Crippen LogP contribution >= 0.6 is 0 Å². The molecule has 0 heterocycles. The van der Waals surface area contributed by atoms with Crippen LogP contribution in [0, 0.1) is 56.7 Å². The molecule has 5 aliphatic rings. The Kier molecular flexibility index (Phi) is 6.77. The van der Waals surface area contributed by atoms with Crippen molar-refractivity contribution in [2.75, 3.05) is 19.8 Å². The second-order valence-electron chi connectivity index (χ2n) is 14.9. The first-order chi connectivity index (χ1) is 17.4. The number of rotatable bonds is 5. The van der Waals surface area contributed by atoms with Gasteiger partial charge in [0, 0.05) is 5.41 Å². The van der Waals surface area contributed by atoms with Crippen LogP contribution in [0.4, 0.5) is 0 Å². The van der Waals surface area contributed by atoms with Crippen LogP contribution in [-0.4, -0.2) is 47.2 Å². The Morgan fingerprint density at radius 1 is 0.892 bits per heavy atom. The Balaban J connectivity index is 1.54. The summed E-state index contributed by atoms with van der Waals surface area (Å²) >= 11 is 0. The molecule has 5 nitrogen and oxygen atoms in total. The van der Waals surface area contributed by atoms with Crippen molar-refractivity contribution < 1.29 is 24.9 Å². The molecule has 5 heteroatoms. The van der Waals surface area contributed by atoms with Gasteiger partial charge in [0.25, 0.3) is 0 Å². The lowest BCUT2D eigenvalue weighted by molar-refractivity contribution is -0.254. The Hall–Kier alpha value is -0.910. The maximum Gasteiger partial charge on any atom is 0.312 e. The molecule has 5 rings (SSSR count). The van der Waals surface area contributed by atoms with Crippen molar-refractivity contribution in [3.8, 4) is 0 Å². The Labute approximate surface area is 224 Å². The van der Waals surface area contributed by atoms with E-state index < -0.39 is 16.9 Å². The monoisotopic (exact) mass is 516 g/mol. The highest BCUT2D eigenvalue weighted by Gasteiger charge is 2.72. The average molecular weight is 517 g/mol. The zero-order valence-electron chi connectivity index (χ0n) is 24.0. The summed E-state index contributed by atoms with van der Waals surface area (Å²) in [5.74, 6) is 1.86. The van der Waals surface area contributed by atoms with Crippen molar-refractivity contribution >= 4 is 5.97 Å². The van der Waals surface area contributed by atoms with Crippen molar-refractivity contribution in [2.24, 2.45) is 56.7 Å². The lowest BCUT2D eigenvalue weighted by atomic mass is 9.32. The van der Waals surface area contributed by atoms with E-state index >= 15 is 0 Å². The van der Waals surface area contributed by atoms with Crippen LogP contribution in [0.2, 0.25) is 0 Å². The summed E-state index contributed by atoms with van der Waals surface area (Å²) in [5, 5.41) is 30.8. The maximum absolute atomic E-state index is 13.6. The van der Waals surface area contributed by atoms with Gasteiger partial charge >= 0.3 is 5.97 Å². The van der Waals surface area contributed by atoms with Gasteiger partial charge in [-0.25, -0.2) is 0 Å². The summed E-state index contributed by atoms with van der Waals surface area (Å²) in [5.41, 5.74) is 0.713. The fraction of sp³-hybridized carbons (Fsp3) is 0.906. The number of carbonyl (C=O) groups excluding carboxylic acids is 1. The molecule has 0 saturated heterocycles. The normalized spacial score (nSPS) is 52.9. The molecule has 0 radical (unpaired) electrons. The minimum absolute atomic E-state index is 0.0542. The molecule has 0 bridgehead atoms. The van der Waals surface area contributed by atoms with Gasteiger partial charge in [-0.1, -0.05) is 39.8 Å². The zero-order chi connectivity index (χ0) is 27.0. The molecule has 210 valence electrons. The number of esters is 1. The molecule has 5 saturated carbocycles. The van der Waals surface area contributed by atoms with Gasteiger partial charge in [-0.3, -0.25) is 4.79 Å². The SMILES string of the molecule is C=C(C)[C@@H]1CC[C@]2(C(=O)OCCO)CC[C@]3(C)[C@H](CC[C@@H]4[C@@]5(C)CC[C@H](O)[C@@](C)(CO)[C@@H]5CC[C@]43C)[C@@H]12. The lowest BCUT2D eigenvalue weighted by Crippen LogP contribution is -2.67. The Morgan fingerprint density at radius 2 is 1.62 bits per heavy atom. The predicted octanol–water partition coefficient (Wildman–Crippen LogP) is 5.51. The first-order valence-electron chi connectivity index (χ1n) is 15.1. The Bertz CT molecular complexity index is 932. The van der Waals surface area contributed by atoms with Crippen LogP contribution in [0.25, 0.3) is 0 Å². The van der Waals surface area contributed by atoms with Crippen molar-refractivity contribution in [1.29, 1.82) is 0 Å². The summed E-state index contributed by atoms with van der Waals surface area (Å²) in [4.78, 5) is 13.6. The van der Waals surface area contributed by atoms with Crippen LogP contribution < -0.4 is 0 Å². The largest absolute Gasteiger partial charge is 0.463 e. The van der Waals surface area contributed by atoms with Gasteiger partial charge in [0.2, 0.25) is 0 Å². The molecular formula is C32H52O5. The number of ether oxygens (including phenoxy) is 1. The fourth-order valence-electron chi connectivity index (χ4n) is 11.8. The minimum atomic E-state index is -0.447. The number of fused-ring (bicyclic) bond motifs is 7. The smallest absolute Gasteiger partial charge is 0.312 e. The van der Waals surface area contributed by atoms with Crippen LogP contribution in [0.1, 0.15) is 98.8 Å². The number of allylic oxidation sites excluding steroid dienone is 1. The second kappa shape index (κ2) is 9.06. The molecule has 0 unspecified atom stereocenters. The first-order valence-corrected chi connectivity index (χ1v) is 15.1. The summed E-state index contributed by atoms with van der Waals surface area (Å²) < 4.78 is 5.67. The third-order valence-electron chi connectivity index (χ3n) is 13.9. The molecule has 0 aromatic rings. The van der Waals surface area contributed by atoms with Crippen LogP contribution in [0.15, 0.2) is 12.2 Å². The molecule has 5 fully saturated rings. The van der Waals surface area contributed by atoms with Crippen molar-refractivity contribution in [1.82, 2.24) is 0 Å². The summed E-state index contributed by atoms with van der Waals surface area (Å²) in [6, 6.07) is 0. The van der Waals surface area contributed by atoms with Gasteiger partial charge < -0.3 is 20.1 Å². The van der Waals surface area contributed by atoms with Crippen LogP contribution in [-0.2, 0) is 9.53 Å². The minimum Gasteiger partial charge on any atom is -0.463 e. The zero-order valence-corrected chi connectivity index (χ0v) is 24.0. The van der Waals surface area contributed by atoms with Gasteiger partial charge in [-0.15, -0.1) is 0 Å². The van der Waals surface area contributed by atoms with Crippen LogP contribution in [0.5, 0.6) is 0 Å². The van der Waals surface area contributed by atoms with E-state index in [9.17, 15) is 20.1 Å². The first kappa shape index (κ1) is 27.6. The summed E-state index contributed by atoms with van der Waals surface area (Å²) in [6.07, 6.45) is 9.63. The van der Waals surface area contributed by atoms with E-state index in [0.717, 1.165) is 64.2 Å². The van der Waals surface area contributed by atoms with Crippen molar-refractivity contribution in [2.45, 2.75) is 105 Å². The maximum atomic E-state index is 13.6. The van der Waals surface area contributed by atoms with Gasteiger partial charge in [0.1, 0.15) is 6.61 Å². The number of carbonyl (C=O) groups is 1. The van der Waals surface area contributed by atoms with Gasteiger partial charge in [-0.2, -0.15) is 0 Å². The number of hydrogen-bond donors (Lipinski definition) is 3. The molecule has 0 aromatic carbocycles. The van der Waals surface area contributed by atoms with E-state index in [4.69, 9.17) is 4.74 Å². The third-order valence-corrected chi connectivity index (χ3v) is 13.9. The fourth-order valence-corrected chi connectivity index (χ4v) is 11.8. The average Bonchev–Trinajstić information content (AvgIpc) is 3.27. The number of aliphatic hydroxyl groups excluding tert-OH is 3. The molecule has 3 N–H and O–H groups in total. The van der Waals surface area contributed by atoms with Gasteiger partial charge in [0.15, 0.2) is 0 Å². The van der Waals surface area contributed by atoms with E-state index in [2.05, 4.69) is 41.2 Å². The summed E-state index contributed by atoms with van der Waals surface area (Å²) in [7, 11) is 0. The van der Waals surface area contributed by atoms with Gasteiger partial charge in [0.05, 0.1) is 24.7 Å². The lowest BCUT2D eigenvalue weighted by Gasteiger charge is -2.72. The number of hydrogen-bond acceptors (Lipinski definition) is 5. The summed E-state index contributed by atoms with van der Waals surface area (Å²) in [6.45, 7) is 16.3. The molecule has 0 aromatic heterocycles. The third kappa shape index (κ3) is 3.48. The van der Waals surface area contributed by atoms with Crippen LogP contribution in [0.3, 0.4) is 0 Å². The van der Waals surface area contributed by atoms with E-state index in [0.29, 0.717) is 23.7 Å². The highest BCUT2D eigenvalue weighted by Crippen LogP contribution is 2.77. The van der Waals surface area contributed by atoms with E-state index in [1.807, 2.05) is 0 Å². The van der Waals surface area contributed by atoms with Crippen molar-refractivity contribution in [3.63, 3.8) is 0 Å². The second-order valence-corrected chi connectivity index (χ2v) is 14.9. The van der Waals surface area contributed by atoms with Gasteiger partial charge in [-0.05, 0) is 117 Å². The highest BCUT2D eigenvalue weighted by atomic mass is 16.5. The van der Waals surface area contributed by atoms with E-state index in [1.165, 1.54) is 5.57 Å². The quantitative estimate of drug-likeness (QED) is 0.331. The molecular weight excluding hydrogens is 464 g/mol. The molecule has 0 spiro atoms. The predicted molar refractivity (Wildman–Crippen MR) is 144 cm³/mol. The Morgan fingerprint density at radius 3 is 2.27 bits per heavy atom. The standard InChI is InChI=1S/C32H52O5/c1-20(2)21-9-14-32(27(36)37-18-17-33)16-15-30(5)22(26(21)32)7-8-24-28(3)12-11-25(35)29(4,19-34)23(28)10-13-31(24,30)6/h21-26,33-35H,1,7-19H2,2-6H3/t21-,22+,23+,24+,25-,26+,28-,29-,30+,31+,32-/m0/s1. The topological polar surface area (TPSA) is 87.0 Å². The molecule has 11 atom stereocenters. The van der Waals surface area contributed by atoms with E-state index in [-0.39, 0.29) is 48.0 Å².